The van der Waals surface area contributed by atoms with Gasteiger partial charge in [-0.25, -0.2) is 0 Å². The van der Waals surface area contributed by atoms with Gasteiger partial charge >= 0.3 is 17.9 Å². The summed E-state index contributed by atoms with van der Waals surface area (Å²) in [5.74, 6) is -0.0409. The van der Waals surface area contributed by atoms with E-state index in [4.69, 9.17) is 14.2 Å². The second-order valence-corrected chi connectivity index (χ2v) is 14.7. The average molecular weight is 681 g/mol. The molecule has 0 N–H and O–H groups in total. The normalized spacial score (nSPS) is 11.9. The van der Waals surface area contributed by atoms with Gasteiger partial charge in [0, 0.05) is 19.3 Å². The van der Waals surface area contributed by atoms with Gasteiger partial charge in [-0.05, 0) is 25.2 Å². The highest BCUT2D eigenvalue weighted by Crippen LogP contribution is 2.16. The predicted octanol–water partition coefficient (Wildman–Crippen LogP) is 12.8. The molecule has 0 aromatic rings. The fourth-order valence-corrected chi connectivity index (χ4v) is 6.10. The van der Waals surface area contributed by atoms with Gasteiger partial charge in [-0.15, -0.1) is 0 Å². The van der Waals surface area contributed by atoms with Crippen molar-refractivity contribution in [2.75, 3.05) is 13.2 Å². The van der Waals surface area contributed by atoms with Crippen LogP contribution in [0, 0.1) is 5.92 Å². The Kier molecular flexibility index (Phi) is 35.5. The minimum Gasteiger partial charge on any atom is -0.462 e. The van der Waals surface area contributed by atoms with Gasteiger partial charge in [0.2, 0.25) is 0 Å². The molecule has 0 saturated heterocycles. The van der Waals surface area contributed by atoms with Crippen molar-refractivity contribution in [2.24, 2.45) is 5.92 Å². The highest BCUT2D eigenvalue weighted by molar-refractivity contribution is 5.71. The van der Waals surface area contributed by atoms with Crippen LogP contribution in [0.1, 0.15) is 227 Å². The van der Waals surface area contributed by atoms with E-state index in [0.29, 0.717) is 19.3 Å². The zero-order valence-corrected chi connectivity index (χ0v) is 32.4. The van der Waals surface area contributed by atoms with Crippen molar-refractivity contribution < 1.29 is 28.6 Å². The van der Waals surface area contributed by atoms with E-state index >= 15 is 0 Å². The molecule has 0 heterocycles. The smallest absolute Gasteiger partial charge is 0.306 e. The number of rotatable bonds is 37. The third kappa shape index (κ3) is 35.7. The summed E-state index contributed by atoms with van der Waals surface area (Å²) in [6.07, 6.45) is 34.0. The maximum Gasteiger partial charge on any atom is 0.306 e. The highest BCUT2D eigenvalue weighted by atomic mass is 16.6. The Balaban J connectivity index is 4.19. The molecule has 1 atom stereocenters. The summed E-state index contributed by atoms with van der Waals surface area (Å²) in [5.41, 5.74) is 0. The van der Waals surface area contributed by atoms with Crippen LogP contribution >= 0.6 is 0 Å². The molecule has 0 spiro atoms. The molecular formula is C42H80O6. The van der Waals surface area contributed by atoms with Crippen molar-refractivity contribution in [1.29, 1.82) is 0 Å². The van der Waals surface area contributed by atoms with Crippen LogP contribution in [-0.4, -0.2) is 37.2 Å². The third-order valence-electron chi connectivity index (χ3n) is 9.29. The van der Waals surface area contributed by atoms with Crippen LogP contribution in [0.25, 0.3) is 0 Å². The number of carbonyl (C=O) groups is 3. The summed E-state index contributed by atoms with van der Waals surface area (Å²) < 4.78 is 16.5. The number of esters is 3. The molecule has 0 saturated carbocycles. The van der Waals surface area contributed by atoms with E-state index in [1.165, 1.54) is 116 Å². The Morgan fingerprint density at radius 2 is 0.688 bits per heavy atom. The lowest BCUT2D eigenvalue weighted by atomic mass is 10.0. The summed E-state index contributed by atoms with van der Waals surface area (Å²) in [4.78, 5) is 37.3. The van der Waals surface area contributed by atoms with E-state index < -0.39 is 6.10 Å². The first-order valence-electron chi connectivity index (χ1n) is 20.9. The average Bonchev–Trinajstić information content (AvgIpc) is 3.06. The van der Waals surface area contributed by atoms with Crippen LogP contribution in [0.15, 0.2) is 0 Å². The van der Waals surface area contributed by atoms with Crippen molar-refractivity contribution in [2.45, 2.75) is 233 Å². The summed E-state index contributed by atoms with van der Waals surface area (Å²) >= 11 is 0. The molecule has 0 aromatic heterocycles. The van der Waals surface area contributed by atoms with Crippen molar-refractivity contribution in [3.63, 3.8) is 0 Å². The van der Waals surface area contributed by atoms with E-state index in [-0.39, 0.29) is 31.1 Å². The minimum absolute atomic E-state index is 0.0654. The molecule has 0 unspecified atom stereocenters. The Morgan fingerprint density at radius 3 is 1.02 bits per heavy atom. The van der Waals surface area contributed by atoms with Crippen molar-refractivity contribution in [3.05, 3.63) is 0 Å². The monoisotopic (exact) mass is 681 g/mol. The summed E-state index contributed by atoms with van der Waals surface area (Å²) in [7, 11) is 0. The first kappa shape index (κ1) is 46.4. The minimum atomic E-state index is -0.756. The molecule has 6 heteroatoms. The third-order valence-corrected chi connectivity index (χ3v) is 9.29. The fourth-order valence-electron chi connectivity index (χ4n) is 6.10. The molecule has 0 aliphatic rings. The Hall–Kier alpha value is -1.59. The molecule has 0 rings (SSSR count). The van der Waals surface area contributed by atoms with Crippen LogP contribution < -0.4 is 0 Å². The first-order valence-corrected chi connectivity index (χ1v) is 20.9. The van der Waals surface area contributed by atoms with Gasteiger partial charge in [-0.2, -0.15) is 0 Å². The number of unbranched alkanes of at least 4 members (excludes halogenated alkanes) is 24. The molecule has 0 aliphatic heterocycles. The number of hydrogen-bond acceptors (Lipinski definition) is 6. The molecule has 0 bridgehead atoms. The van der Waals surface area contributed by atoms with Crippen LogP contribution in [0.3, 0.4) is 0 Å². The first-order chi connectivity index (χ1) is 23.4. The fraction of sp³-hybridized carbons (Fsp3) is 0.929. The van der Waals surface area contributed by atoms with Crippen LogP contribution in [0.5, 0.6) is 0 Å². The molecule has 0 aromatic carbocycles. The Bertz CT molecular complexity index is 721. The van der Waals surface area contributed by atoms with Gasteiger partial charge in [0.05, 0.1) is 0 Å². The number of ether oxygens (including phenoxy) is 3. The topological polar surface area (TPSA) is 78.9 Å². The lowest BCUT2D eigenvalue weighted by molar-refractivity contribution is -0.167. The molecule has 6 nitrogen and oxygen atoms in total. The van der Waals surface area contributed by atoms with Gasteiger partial charge in [0.25, 0.3) is 0 Å². The van der Waals surface area contributed by atoms with E-state index in [1.54, 1.807) is 0 Å². The molecule has 0 amide bonds. The Morgan fingerprint density at radius 1 is 0.396 bits per heavy atom. The summed E-state index contributed by atoms with van der Waals surface area (Å²) in [6, 6.07) is 0. The van der Waals surface area contributed by atoms with E-state index in [9.17, 15) is 14.4 Å². The SMILES string of the molecule is CCCCCCCCCCCCC(=O)O[C@@H](COC(=O)CCCCCCC)COC(=O)CCCCCCCCCCCCCCC(C)C. The quantitative estimate of drug-likeness (QED) is 0.0369. The lowest BCUT2D eigenvalue weighted by Gasteiger charge is -2.18. The largest absolute Gasteiger partial charge is 0.462 e. The second-order valence-electron chi connectivity index (χ2n) is 14.7. The summed E-state index contributed by atoms with van der Waals surface area (Å²) in [5, 5.41) is 0. The second kappa shape index (κ2) is 36.7. The molecular weight excluding hydrogens is 600 g/mol. The number of carbonyl (C=O) groups excluding carboxylic acids is 3. The Labute approximate surface area is 298 Å². The van der Waals surface area contributed by atoms with E-state index in [0.717, 1.165) is 70.1 Å². The standard InChI is InChI=1S/C42H80O6/c1-5-7-9-11-12-13-19-23-27-31-35-42(45)48-39(36-46-40(43)33-29-24-10-8-6-2)37-47-41(44)34-30-26-22-20-17-15-14-16-18-21-25-28-32-38(3)4/h38-39H,5-37H2,1-4H3/t39-/m0/s1. The van der Waals surface area contributed by atoms with Gasteiger partial charge in [-0.1, -0.05) is 188 Å². The van der Waals surface area contributed by atoms with Crippen molar-refractivity contribution in [3.8, 4) is 0 Å². The van der Waals surface area contributed by atoms with Crippen LogP contribution in [-0.2, 0) is 28.6 Å². The zero-order valence-electron chi connectivity index (χ0n) is 32.4. The lowest BCUT2D eigenvalue weighted by Crippen LogP contribution is -2.30. The van der Waals surface area contributed by atoms with Gasteiger partial charge < -0.3 is 14.2 Å². The number of hydrogen-bond donors (Lipinski definition) is 0. The molecule has 0 fully saturated rings. The molecule has 284 valence electrons. The predicted molar refractivity (Wildman–Crippen MR) is 201 cm³/mol. The van der Waals surface area contributed by atoms with Crippen molar-refractivity contribution in [1.82, 2.24) is 0 Å². The van der Waals surface area contributed by atoms with Gasteiger partial charge in [0.1, 0.15) is 13.2 Å². The molecule has 0 radical (unpaired) electrons. The zero-order chi connectivity index (χ0) is 35.3. The van der Waals surface area contributed by atoms with Gasteiger partial charge in [0.15, 0.2) is 6.10 Å². The van der Waals surface area contributed by atoms with E-state index in [2.05, 4.69) is 27.7 Å². The maximum atomic E-state index is 12.6. The maximum absolute atomic E-state index is 12.6. The van der Waals surface area contributed by atoms with E-state index in [1.807, 2.05) is 0 Å². The molecule has 48 heavy (non-hydrogen) atoms. The highest BCUT2D eigenvalue weighted by Gasteiger charge is 2.19. The summed E-state index contributed by atoms with van der Waals surface area (Å²) in [6.45, 7) is 8.89. The molecule has 0 aliphatic carbocycles. The van der Waals surface area contributed by atoms with Crippen molar-refractivity contribution >= 4 is 17.9 Å². The van der Waals surface area contributed by atoms with Crippen LogP contribution in [0.2, 0.25) is 0 Å². The van der Waals surface area contributed by atoms with Crippen LogP contribution in [0.4, 0.5) is 0 Å². The van der Waals surface area contributed by atoms with Gasteiger partial charge in [-0.3, -0.25) is 14.4 Å².